The molecule has 1 unspecified atom stereocenters. The molecule has 0 aliphatic rings. The van der Waals surface area contributed by atoms with E-state index in [2.05, 4.69) is 41.3 Å². The molecule has 2 rings (SSSR count). The number of hydrogen-bond donors (Lipinski definition) is 2. The quantitative estimate of drug-likeness (QED) is 0.825. The molecular formula is C13H19N3S. The summed E-state index contributed by atoms with van der Waals surface area (Å²) in [7, 11) is 0. The van der Waals surface area contributed by atoms with E-state index in [4.69, 9.17) is 0 Å². The van der Waals surface area contributed by atoms with Gasteiger partial charge in [-0.1, -0.05) is 13.8 Å². The maximum absolute atomic E-state index is 4.31. The van der Waals surface area contributed by atoms with Gasteiger partial charge in [-0.05, 0) is 25.0 Å². The van der Waals surface area contributed by atoms with Crippen molar-refractivity contribution in [2.24, 2.45) is 0 Å². The van der Waals surface area contributed by atoms with Crippen LogP contribution in [0.2, 0.25) is 0 Å². The molecule has 4 heteroatoms. The molecule has 17 heavy (non-hydrogen) atoms. The number of thiophene rings is 1. The van der Waals surface area contributed by atoms with Crippen molar-refractivity contribution in [3.63, 3.8) is 0 Å². The molecule has 0 aromatic carbocycles. The van der Waals surface area contributed by atoms with E-state index in [0.29, 0.717) is 6.04 Å². The van der Waals surface area contributed by atoms with Crippen molar-refractivity contribution in [2.45, 2.75) is 39.3 Å². The fourth-order valence-electron chi connectivity index (χ4n) is 1.83. The van der Waals surface area contributed by atoms with Crippen molar-refractivity contribution in [2.75, 3.05) is 0 Å². The number of aryl methyl sites for hydroxylation is 1. The van der Waals surface area contributed by atoms with Crippen LogP contribution in [0.25, 0.3) is 0 Å². The Labute approximate surface area is 106 Å². The van der Waals surface area contributed by atoms with E-state index >= 15 is 0 Å². The lowest BCUT2D eigenvalue weighted by Crippen LogP contribution is -2.20. The van der Waals surface area contributed by atoms with E-state index in [-0.39, 0.29) is 0 Å². The fourth-order valence-corrected chi connectivity index (χ4v) is 2.74. The van der Waals surface area contributed by atoms with Gasteiger partial charge in [0.2, 0.25) is 0 Å². The van der Waals surface area contributed by atoms with Crippen molar-refractivity contribution in [3.8, 4) is 0 Å². The van der Waals surface area contributed by atoms with E-state index in [1.807, 2.05) is 17.5 Å². The van der Waals surface area contributed by atoms with Crippen LogP contribution in [-0.2, 0) is 13.0 Å². The maximum atomic E-state index is 4.31. The van der Waals surface area contributed by atoms with Gasteiger partial charge in [0.25, 0.3) is 0 Å². The van der Waals surface area contributed by atoms with Crippen molar-refractivity contribution >= 4 is 11.3 Å². The number of hydrogen-bond acceptors (Lipinski definition) is 3. The molecule has 0 bridgehead atoms. The summed E-state index contributed by atoms with van der Waals surface area (Å²) in [4.78, 5) is 10.3. The molecule has 0 fully saturated rings. The Hall–Kier alpha value is -1.13. The van der Waals surface area contributed by atoms with Crippen LogP contribution in [0.1, 0.15) is 41.9 Å². The van der Waals surface area contributed by atoms with Crippen LogP contribution in [0.15, 0.2) is 24.5 Å². The van der Waals surface area contributed by atoms with Gasteiger partial charge in [0, 0.05) is 28.7 Å². The second-order valence-corrected chi connectivity index (χ2v) is 5.29. The molecule has 2 aromatic heterocycles. The molecule has 2 N–H and O–H groups in total. The summed E-state index contributed by atoms with van der Waals surface area (Å²) in [6.45, 7) is 5.29. The van der Waals surface area contributed by atoms with Crippen LogP contribution in [0.5, 0.6) is 0 Å². The molecule has 2 aromatic rings. The topological polar surface area (TPSA) is 40.7 Å². The highest BCUT2D eigenvalue weighted by atomic mass is 32.1. The SMILES string of the molecule is CCc1ccc(CNC(CC)c2ncc[nH]2)s1. The molecule has 0 amide bonds. The van der Waals surface area contributed by atoms with Gasteiger partial charge >= 0.3 is 0 Å². The minimum absolute atomic E-state index is 0.317. The third-order valence-corrected chi connectivity index (χ3v) is 4.08. The molecule has 92 valence electrons. The third kappa shape index (κ3) is 3.17. The summed E-state index contributed by atoms with van der Waals surface area (Å²) in [5, 5.41) is 3.54. The van der Waals surface area contributed by atoms with Crippen LogP contribution >= 0.6 is 11.3 Å². The highest BCUT2D eigenvalue weighted by molar-refractivity contribution is 7.11. The predicted octanol–water partition coefficient (Wildman–Crippen LogP) is 3.27. The first-order valence-corrected chi connectivity index (χ1v) is 6.95. The first-order chi connectivity index (χ1) is 8.33. The van der Waals surface area contributed by atoms with Crippen LogP contribution < -0.4 is 5.32 Å². The Morgan fingerprint density at radius 1 is 1.35 bits per heavy atom. The Morgan fingerprint density at radius 2 is 2.18 bits per heavy atom. The first kappa shape index (κ1) is 12.3. The average molecular weight is 249 g/mol. The summed E-state index contributed by atoms with van der Waals surface area (Å²) in [5.74, 6) is 1.03. The highest BCUT2D eigenvalue weighted by Gasteiger charge is 2.11. The van der Waals surface area contributed by atoms with Gasteiger partial charge in [0.05, 0.1) is 6.04 Å². The maximum Gasteiger partial charge on any atom is 0.123 e. The summed E-state index contributed by atoms with van der Waals surface area (Å²) < 4.78 is 0. The summed E-state index contributed by atoms with van der Waals surface area (Å²) in [6.07, 6.45) is 5.85. The van der Waals surface area contributed by atoms with Crippen molar-refractivity contribution < 1.29 is 0 Å². The molecule has 0 aliphatic carbocycles. The Balaban J connectivity index is 1.92. The van der Waals surface area contributed by atoms with Crippen molar-refractivity contribution in [1.82, 2.24) is 15.3 Å². The lowest BCUT2D eigenvalue weighted by molar-refractivity contribution is 0.500. The average Bonchev–Trinajstić information content (AvgIpc) is 3.00. The minimum atomic E-state index is 0.317. The van der Waals surface area contributed by atoms with Crippen LogP contribution in [0.4, 0.5) is 0 Å². The van der Waals surface area contributed by atoms with Gasteiger partial charge in [-0.2, -0.15) is 0 Å². The van der Waals surface area contributed by atoms with E-state index in [1.165, 1.54) is 9.75 Å². The number of rotatable bonds is 6. The molecule has 2 heterocycles. The van der Waals surface area contributed by atoms with Gasteiger partial charge in [0.1, 0.15) is 5.82 Å². The van der Waals surface area contributed by atoms with Crippen LogP contribution in [0.3, 0.4) is 0 Å². The standard InChI is InChI=1S/C13H19N3S/c1-3-10-5-6-11(17-10)9-16-12(4-2)13-14-7-8-15-13/h5-8,12,16H,3-4,9H2,1-2H3,(H,14,15). The second-order valence-electron chi connectivity index (χ2n) is 4.04. The smallest absolute Gasteiger partial charge is 0.123 e. The zero-order valence-corrected chi connectivity index (χ0v) is 11.2. The van der Waals surface area contributed by atoms with Gasteiger partial charge in [0.15, 0.2) is 0 Å². The van der Waals surface area contributed by atoms with Gasteiger partial charge in [-0.15, -0.1) is 11.3 Å². The highest BCUT2D eigenvalue weighted by Crippen LogP contribution is 2.18. The largest absolute Gasteiger partial charge is 0.347 e. The molecule has 0 saturated carbocycles. The van der Waals surface area contributed by atoms with Gasteiger partial charge in [-0.25, -0.2) is 4.98 Å². The van der Waals surface area contributed by atoms with E-state index in [9.17, 15) is 0 Å². The fraction of sp³-hybridized carbons (Fsp3) is 0.462. The number of H-pyrrole nitrogens is 1. The molecule has 0 spiro atoms. The van der Waals surface area contributed by atoms with Gasteiger partial charge < -0.3 is 10.3 Å². The molecule has 0 radical (unpaired) electrons. The second kappa shape index (κ2) is 5.98. The summed E-state index contributed by atoms with van der Waals surface area (Å²) in [5.41, 5.74) is 0. The van der Waals surface area contributed by atoms with E-state index in [0.717, 1.165) is 25.2 Å². The molecule has 0 saturated heterocycles. The number of nitrogens with one attached hydrogen (secondary N) is 2. The monoisotopic (exact) mass is 249 g/mol. The Morgan fingerprint density at radius 3 is 2.76 bits per heavy atom. The molecule has 1 atom stereocenters. The molecular weight excluding hydrogens is 230 g/mol. The zero-order valence-electron chi connectivity index (χ0n) is 10.4. The summed E-state index contributed by atoms with van der Waals surface area (Å²) >= 11 is 1.89. The van der Waals surface area contributed by atoms with E-state index in [1.54, 1.807) is 6.20 Å². The van der Waals surface area contributed by atoms with E-state index < -0.39 is 0 Å². The Kier molecular flexibility index (Phi) is 4.34. The van der Waals surface area contributed by atoms with Gasteiger partial charge in [-0.3, -0.25) is 0 Å². The molecule has 3 nitrogen and oxygen atoms in total. The summed E-state index contributed by atoms with van der Waals surface area (Å²) in [6, 6.07) is 4.75. The normalized spacial score (nSPS) is 12.8. The zero-order chi connectivity index (χ0) is 12.1. The van der Waals surface area contributed by atoms with Crippen LogP contribution in [0, 0.1) is 0 Å². The molecule has 0 aliphatic heterocycles. The predicted molar refractivity (Wildman–Crippen MR) is 72.2 cm³/mol. The number of aromatic nitrogens is 2. The lowest BCUT2D eigenvalue weighted by atomic mass is 10.2. The third-order valence-electron chi connectivity index (χ3n) is 2.85. The minimum Gasteiger partial charge on any atom is -0.347 e. The van der Waals surface area contributed by atoms with Crippen molar-refractivity contribution in [3.05, 3.63) is 40.1 Å². The number of nitrogens with zero attached hydrogens (tertiary/aromatic N) is 1. The number of imidazole rings is 1. The van der Waals surface area contributed by atoms with Crippen molar-refractivity contribution in [1.29, 1.82) is 0 Å². The first-order valence-electron chi connectivity index (χ1n) is 6.13. The number of aromatic amines is 1. The van der Waals surface area contributed by atoms with Crippen LogP contribution in [-0.4, -0.2) is 9.97 Å². The Bertz CT molecular complexity index is 433. The lowest BCUT2D eigenvalue weighted by Gasteiger charge is -2.13.